The van der Waals surface area contributed by atoms with Crippen molar-refractivity contribution in [1.82, 2.24) is 0 Å². The zero-order valence-corrected chi connectivity index (χ0v) is 14.9. The van der Waals surface area contributed by atoms with Crippen LogP contribution in [0.3, 0.4) is 0 Å². The van der Waals surface area contributed by atoms with Crippen LogP contribution in [0, 0.1) is 34.3 Å². The topological polar surface area (TPSA) is 113 Å². The van der Waals surface area contributed by atoms with E-state index in [1.54, 1.807) is 30.3 Å². The van der Waals surface area contributed by atoms with Crippen LogP contribution < -0.4 is 5.32 Å². The molecule has 0 aliphatic carbocycles. The summed E-state index contributed by atoms with van der Waals surface area (Å²) >= 11 is 0. The van der Waals surface area contributed by atoms with Crippen molar-refractivity contribution in [2.45, 2.75) is 6.92 Å². The molecule has 3 aromatic carbocycles. The quantitative estimate of drug-likeness (QED) is 0.314. The first-order chi connectivity index (χ1) is 13.4. The molecule has 7 nitrogen and oxygen atoms in total. The van der Waals surface area contributed by atoms with Gasteiger partial charge in [-0.2, -0.15) is 5.26 Å². The summed E-state index contributed by atoms with van der Waals surface area (Å²) in [4.78, 5) is 36.1. The number of hydrogen-bond acceptors (Lipinski definition) is 5. The maximum Gasteiger partial charge on any atom is 0.283 e. The lowest BCUT2D eigenvalue weighted by Crippen LogP contribution is -2.29. The number of rotatable bonds is 5. The fourth-order valence-electron chi connectivity index (χ4n) is 3.03. The first kappa shape index (κ1) is 18.7. The second-order valence-electron chi connectivity index (χ2n) is 6.17. The Morgan fingerprint density at radius 1 is 1.07 bits per heavy atom. The molecule has 0 heterocycles. The molecule has 0 unspecified atom stereocenters. The third-order valence-corrected chi connectivity index (χ3v) is 4.39. The third-order valence-electron chi connectivity index (χ3n) is 4.39. The summed E-state index contributed by atoms with van der Waals surface area (Å²) in [5.41, 5.74) is 0.0761. The predicted molar refractivity (Wildman–Crippen MR) is 104 cm³/mol. The van der Waals surface area contributed by atoms with Gasteiger partial charge in [0.1, 0.15) is 0 Å². The van der Waals surface area contributed by atoms with E-state index in [0.717, 1.165) is 10.8 Å². The van der Waals surface area contributed by atoms with E-state index in [1.807, 2.05) is 18.2 Å². The number of benzene rings is 3. The van der Waals surface area contributed by atoms with Crippen LogP contribution in [-0.4, -0.2) is 16.6 Å². The van der Waals surface area contributed by atoms with Crippen molar-refractivity contribution < 1.29 is 14.5 Å². The monoisotopic (exact) mass is 373 g/mol. The molecule has 138 valence electrons. The predicted octanol–water partition coefficient (Wildman–Crippen LogP) is 4.02. The fourth-order valence-corrected chi connectivity index (χ4v) is 3.03. The molecule has 7 heteroatoms. The molecule has 3 rings (SSSR count). The number of ketones is 1. The maximum atomic E-state index is 12.8. The molecule has 1 N–H and O–H groups in total. The summed E-state index contributed by atoms with van der Waals surface area (Å²) in [7, 11) is 0. The van der Waals surface area contributed by atoms with E-state index in [2.05, 4.69) is 5.32 Å². The van der Waals surface area contributed by atoms with Gasteiger partial charge in [0.25, 0.3) is 5.69 Å². The number of hydrogen-bond donors (Lipinski definition) is 1. The Labute approximate surface area is 160 Å². The van der Waals surface area contributed by atoms with Crippen LogP contribution >= 0.6 is 0 Å². The van der Waals surface area contributed by atoms with Crippen LogP contribution in [0.15, 0.2) is 60.7 Å². The number of amides is 1. The number of nitro benzene ring substituents is 1. The lowest BCUT2D eigenvalue weighted by molar-refractivity contribution is -0.385. The number of Topliss-reactive ketones (excluding diaryl/α,β-unsaturated/α-hetero) is 1. The van der Waals surface area contributed by atoms with Gasteiger partial charge in [0.15, 0.2) is 11.7 Å². The zero-order valence-electron chi connectivity index (χ0n) is 14.9. The average Bonchev–Trinajstić information content (AvgIpc) is 2.68. The van der Waals surface area contributed by atoms with E-state index < -0.39 is 28.2 Å². The highest BCUT2D eigenvalue weighted by molar-refractivity contribution is 6.18. The molecule has 0 spiro atoms. The summed E-state index contributed by atoms with van der Waals surface area (Å²) in [5.74, 6) is -3.45. The molecule has 1 amide bonds. The second kappa shape index (κ2) is 7.68. The molecule has 0 saturated carbocycles. The largest absolute Gasteiger partial charge is 0.324 e. The van der Waals surface area contributed by atoms with Crippen LogP contribution in [0.5, 0.6) is 0 Å². The van der Waals surface area contributed by atoms with Crippen LogP contribution in [-0.2, 0) is 4.79 Å². The Bertz CT molecular complexity index is 1140. The van der Waals surface area contributed by atoms with Crippen molar-refractivity contribution >= 4 is 33.8 Å². The van der Waals surface area contributed by atoms with Crippen LogP contribution in [0.25, 0.3) is 10.8 Å². The Kier molecular flexibility index (Phi) is 5.14. The molecule has 0 radical (unpaired) electrons. The van der Waals surface area contributed by atoms with Gasteiger partial charge in [-0.1, -0.05) is 48.5 Å². The minimum Gasteiger partial charge on any atom is -0.324 e. The molecule has 28 heavy (non-hydrogen) atoms. The second-order valence-corrected chi connectivity index (χ2v) is 6.17. The minimum atomic E-state index is -1.71. The van der Waals surface area contributed by atoms with Crippen molar-refractivity contribution in [3.63, 3.8) is 0 Å². The molecule has 1 atom stereocenters. The Morgan fingerprint density at radius 2 is 1.75 bits per heavy atom. The van der Waals surface area contributed by atoms with E-state index in [-0.39, 0.29) is 11.1 Å². The van der Waals surface area contributed by atoms with E-state index in [1.165, 1.54) is 25.1 Å². The van der Waals surface area contributed by atoms with E-state index in [0.29, 0.717) is 5.69 Å². The minimum absolute atomic E-state index is 0.260. The number of carbonyl (C=O) groups is 2. The first-order valence-electron chi connectivity index (χ1n) is 8.40. The molecule has 0 aromatic heterocycles. The number of carbonyl (C=O) groups excluding carboxylic acids is 2. The zero-order chi connectivity index (χ0) is 20.3. The van der Waals surface area contributed by atoms with Gasteiger partial charge in [0, 0.05) is 16.6 Å². The number of nitrogens with zero attached hydrogens (tertiary/aromatic N) is 2. The van der Waals surface area contributed by atoms with Crippen LogP contribution in [0.4, 0.5) is 11.4 Å². The average molecular weight is 373 g/mol. The number of fused-ring (bicyclic) bond motifs is 1. The summed E-state index contributed by atoms with van der Waals surface area (Å²) in [6.45, 7) is 1.49. The Hall–Kier alpha value is -4.05. The molecular weight excluding hydrogens is 358 g/mol. The van der Waals surface area contributed by atoms with Gasteiger partial charge in [-0.15, -0.1) is 0 Å². The van der Waals surface area contributed by atoms with Gasteiger partial charge in [0.05, 0.1) is 16.6 Å². The summed E-state index contributed by atoms with van der Waals surface area (Å²) in [5, 5.41) is 25.0. The van der Waals surface area contributed by atoms with Crippen molar-refractivity contribution in [1.29, 1.82) is 5.26 Å². The van der Waals surface area contributed by atoms with Crippen molar-refractivity contribution in [3.05, 3.63) is 81.9 Å². The van der Waals surface area contributed by atoms with Gasteiger partial charge in [-0.3, -0.25) is 19.7 Å². The van der Waals surface area contributed by atoms with Crippen molar-refractivity contribution in [2.75, 3.05) is 5.32 Å². The summed E-state index contributed by atoms with van der Waals surface area (Å²) in [6.07, 6.45) is 0. The Morgan fingerprint density at radius 3 is 2.46 bits per heavy atom. The van der Waals surface area contributed by atoms with Gasteiger partial charge in [-0.25, -0.2) is 0 Å². The van der Waals surface area contributed by atoms with E-state index in [4.69, 9.17) is 0 Å². The number of para-hydroxylation sites is 1. The molecule has 3 aromatic rings. The van der Waals surface area contributed by atoms with Crippen LogP contribution in [0.1, 0.15) is 15.9 Å². The highest BCUT2D eigenvalue weighted by Crippen LogP contribution is 2.27. The molecule has 0 bridgehead atoms. The molecular formula is C21H15N3O4. The molecule has 0 aliphatic heterocycles. The first-order valence-corrected chi connectivity index (χ1v) is 8.40. The highest BCUT2D eigenvalue weighted by Gasteiger charge is 2.33. The molecule has 0 saturated heterocycles. The Balaban J connectivity index is 1.95. The van der Waals surface area contributed by atoms with Gasteiger partial charge >= 0.3 is 0 Å². The highest BCUT2D eigenvalue weighted by atomic mass is 16.6. The van der Waals surface area contributed by atoms with E-state index >= 15 is 0 Å². The van der Waals surface area contributed by atoms with Crippen molar-refractivity contribution in [2.24, 2.45) is 5.92 Å². The SMILES string of the molecule is Cc1cccc(C(=O)[C@@H](C#N)C(=O)Nc2cccc3ccccc23)c1[N+](=O)[O-]. The standard InChI is InChI=1S/C21H15N3O4/c1-13-6-4-10-16(19(13)24(27)28)20(25)17(12-22)21(26)23-18-11-5-8-14-7-2-3-9-15(14)18/h2-11,17H,1H3,(H,23,26)/t17-/m1/s1. The number of nitrogens with one attached hydrogen (secondary N) is 1. The van der Waals surface area contributed by atoms with Gasteiger partial charge in [-0.05, 0) is 24.4 Å². The van der Waals surface area contributed by atoms with Crippen LogP contribution in [0.2, 0.25) is 0 Å². The fraction of sp³-hybridized carbons (Fsp3) is 0.0952. The molecule has 0 fully saturated rings. The number of anilines is 1. The summed E-state index contributed by atoms with van der Waals surface area (Å²) in [6, 6.07) is 18.5. The normalized spacial score (nSPS) is 11.4. The third kappa shape index (κ3) is 3.44. The summed E-state index contributed by atoms with van der Waals surface area (Å²) < 4.78 is 0. The number of nitriles is 1. The smallest absolute Gasteiger partial charge is 0.283 e. The van der Waals surface area contributed by atoms with E-state index in [9.17, 15) is 25.0 Å². The van der Waals surface area contributed by atoms with Gasteiger partial charge < -0.3 is 5.32 Å². The molecule has 0 aliphatic rings. The van der Waals surface area contributed by atoms with Gasteiger partial charge in [0.2, 0.25) is 5.91 Å². The maximum absolute atomic E-state index is 12.8. The lowest BCUT2D eigenvalue weighted by atomic mass is 9.95. The number of aryl methyl sites for hydroxylation is 1. The lowest BCUT2D eigenvalue weighted by Gasteiger charge is -2.12. The van der Waals surface area contributed by atoms with Crippen molar-refractivity contribution in [3.8, 4) is 6.07 Å². The number of nitro groups is 1.